The Morgan fingerprint density at radius 3 is 2.78 bits per heavy atom. The van der Waals surface area contributed by atoms with Gasteiger partial charge in [-0.2, -0.15) is 0 Å². The third-order valence-electron chi connectivity index (χ3n) is 0.789. The monoisotopic (exact) mass is 315 g/mol. The highest BCUT2D eigenvalue weighted by Crippen LogP contribution is 2.24. The predicted octanol–water partition coefficient (Wildman–Crippen LogP) is 3.29. The molecule has 0 atom stereocenters. The van der Waals surface area contributed by atoms with Gasteiger partial charge in [-0.3, -0.25) is 0 Å². The van der Waals surface area contributed by atoms with Crippen LogP contribution < -0.4 is 0 Å². The van der Waals surface area contributed by atoms with Gasteiger partial charge in [0, 0.05) is 32.3 Å². The van der Waals surface area contributed by atoms with E-state index in [1.807, 2.05) is 18.3 Å². The van der Waals surface area contributed by atoms with Crippen molar-refractivity contribution in [3.63, 3.8) is 0 Å². The first-order valence-electron chi connectivity index (χ1n) is 2.23. The lowest BCUT2D eigenvalue weighted by Gasteiger charge is -1.90. The van der Waals surface area contributed by atoms with Crippen LogP contribution in [0.3, 0.4) is 0 Å². The summed E-state index contributed by atoms with van der Waals surface area (Å²) in [5.41, 5.74) is 0. The minimum absolute atomic E-state index is 0.886. The first-order valence-corrected chi connectivity index (χ1v) is 6.38. The fourth-order valence-corrected chi connectivity index (χ4v) is 1.64. The molecule has 1 nitrogen and oxygen atoms in total. The number of halogens is 2. The lowest BCUT2D eigenvalue weighted by atomic mass is 10.5. The van der Waals surface area contributed by atoms with Crippen molar-refractivity contribution >= 4 is 46.1 Å². The van der Waals surface area contributed by atoms with E-state index >= 15 is 0 Å². The Morgan fingerprint density at radius 1 is 1.56 bits per heavy atom. The molecule has 1 aromatic rings. The highest BCUT2D eigenvalue weighted by molar-refractivity contribution is 14.2. The Balaban J connectivity index is 2.88. The zero-order valence-electron chi connectivity index (χ0n) is 4.34. The van der Waals surface area contributed by atoms with Crippen molar-refractivity contribution in [2.75, 3.05) is 0 Å². The van der Waals surface area contributed by atoms with Crippen LogP contribution in [-0.4, -0.2) is 4.98 Å². The van der Waals surface area contributed by atoms with Crippen LogP contribution >= 0.6 is 46.1 Å². The SMILES string of the molecule is Brc1ccc(SI)cn1. The second-order valence-electron chi connectivity index (χ2n) is 1.39. The van der Waals surface area contributed by atoms with Crippen LogP contribution in [-0.2, 0) is 0 Å². The maximum Gasteiger partial charge on any atom is 0.106 e. The largest absolute Gasteiger partial charge is 0.248 e. The van der Waals surface area contributed by atoms with E-state index in [4.69, 9.17) is 0 Å². The minimum atomic E-state index is 0.886. The second kappa shape index (κ2) is 3.78. The van der Waals surface area contributed by atoms with Gasteiger partial charge in [0.05, 0.1) is 0 Å². The first kappa shape index (κ1) is 7.81. The molecular formula is C5H3BrINS. The van der Waals surface area contributed by atoms with Crippen LogP contribution in [0.1, 0.15) is 0 Å². The summed E-state index contributed by atoms with van der Waals surface area (Å²) in [5.74, 6) is 0. The highest BCUT2D eigenvalue weighted by Gasteiger charge is 1.89. The molecule has 0 unspecified atom stereocenters. The van der Waals surface area contributed by atoms with E-state index in [-0.39, 0.29) is 0 Å². The Bertz CT molecular complexity index is 189. The molecule has 48 valence electrons. The maximum absolute atomic E-state index is 4.04. The summed E-state index contributed by atoms with van der Waals surface area (Å²) >= 11 is 5.48. The van der Waals surface area contributed by atoms with Crippen molar-refractivity contribution in [2.24, 2.45) is 0 Å². The fourth-order valence-electron chi connectivity index (χ4n) is 0.408. The zero-order valence-corrected chi connectivity index (χ0v) is 8.90. The molecule has 9 heavy (non-hydrogen) atoms. The van der Waals surface area contributed by atoms with Crippen molar-refractivity contribution in [3.05, 3.63) is 22.9 Å². The van der Waals surface area contributed by atoms with Gasteiger partial charge >= 0.3 is 0 Å². The number of aromatic nitrogens is 1. The highest BCUT2D eigenvalue weighted by atomic mass is 127. The molecule has 0 fully saturated rings. The Hall–Kier alpha value is 0.710. The summed E-state index contributed by atoms with van der Waals surface area (Å²) in [6.45, 7) is 0. The quantitative estimate of drug-likeness (QED) is 0.582. The molecule has 1 aromatic heterocycles. The average Bonchev–Trinajstić information content (AvgIpc) is 1.90. The number of rotatable bonds is 1. The second-order valence-corrected chi connectivity index (χ2v) is 4.15. The summed E-state index contributed by atoms with van der Waals surface area (Å²) in [4.78, 5) is 5.22. The van der Waals surface area contributed by atoms with Gasteiger partial charge in [0.2, 0.25) is 0 Å². The normalized spacial score (nSPS) is 9.56. The van der Waals surface area contributed by atoms with Gasteiger partial charge in [0.1, 0.15) is 4.60 Å². The van der Waals surface area contributed by atoms with Crippen molar-refractivity contribution in [2.45, 2.75) is 4.90 Å². The topological polar surface area (TPSA) is 12.9 Å². The molecule has 0 radical (unpaired) electrons. The van der Waals surface area contributed by atoms with E-state index in [1.54, 1.807) is 8.93 Å². The summed E-state index contributed by atoms with van der Waals surface area (Å²) < 4.78 is 0.886. The van der Waals surface area contributed by atoms with Gasteiger partial charge in [-0.15, -0.1) is 0 Å². The summed E-state index contributed by atoms with van der Waals surface area (Å²) in [6.07, 6.45) is 1.83. The third kappa shape index (κ3) is 2.43. The van der Waals surface area contributed by atoms with E-state index in [1.165, 1.54) is 4.90 Å². The van der Waals surface area contributed by atoms with Gasteiger partial charge < -0.3 is 0 Å². The maximum atomic E-state index is 4.04. The summed E-state index contributed by atoms with van der Waals surface area (Å²) in [5, 5.41) is 0. The molecule has 1 heterocycles. The van der Waals surface area contributed by atoms with Crippen LogP contribution in [0.25, 0.3) is 0 Å². The smallest absolute Gasteiger partial charge is 0.106 e. The molecule has 0 saturated carbocycles. The number of hydrogen-bond acceptors (Lipinski definition) is 2. The molecule has 0 amide bonds. The first-order chi connectivity index (χ1) is 4.33. The van der Waals surface area contributed by atoms with Crippen LogP contribution in [0.2, 0.25) is 0 Å². The number of nitrogens with zero attached hydrogens (tertiary/aromatic N) is 1. The van der Waals surface area contributed by atoms with Crippen molar-refractivity contribution in [1.29, 1.82) is 0 Å². The Morgan fingerprint density at radius 2 is 2.33 bits per heavy atom. The lowest BCUT2D eigenvalue weighted by Crippen LogP contribution is -1.72. The molecule has 1 rings (SSSR count). The van der Waals surface area contributed by atoms with Crippen LogP contribution in [0.4, 0.5) is 0 Å². The molecule has 0 bridgehead atoms. The molecule has 0 spiro atoms. The van der Waals surface area contributed by atoms with E-state index in [0.29, 0.717) is 0 Å². The molecule has 0 saturated heterocycles. The van der Waals surface area contributed by atoms with Crippen LogP contribution in [0, 0.1) is 0 Å². The van der Waals surface area contributed by atoms with Crippen molar-refractivity contribution in [3.8, 4) is 0 Å². The number of pyridine rings is 1. The minimum Gasteiger partial charge on any atom is -0.248 e. The Kier molecular flexibility index (Phi) is 3.28. The standard InChI is InChI=1S/C5H3BrINS/c6-5-2-1-4(9-7)3-8-5/h1-3H. The molecule has 0 N–H and O–H groups in total. The van der Waals surface area contributed by atoms with E-state index in [9.17, 15) is 0 Å². The van der Waals surface area contributed by atoms with E-state index < -0.39 is 0 Å². The lowest BCUT2D eigenvalue weighted by molar-refractivity contribution is 1.20. The van der Waals surface area contributed by atoms with Gasteiger partial charge in [-0.25, -0.2) is 4.98 Å². The van der Waals surface area contributed by atoms with Crippen molar-refractivity contribution in [1.82, 2.24) is 4.98 Å². The summed E-state index contributed by atoms with van der Waals surface area (Å²) in [7, 11) is 1.66. The third-order valence-corrected chi connectivity index (χ3v) is 3.20. The van der Waals surface area contributed by atoms with E-state index in [0.717, 1.165) is 4.60 Å². The molecule has 0 aliphatic rings. The van der Waals surface area contributed by atoms with Gasteiger partial charge in [0.25, 0.3) is 0 Å². The molecule has 4 heteroatoms. The molecular weight excluding hydrogens is 313 g/mol. The molecule has 0 aliphatic heterocycles. The predicted molar refractivity (Wildman–Crippen MR) is 51.8 cm³/mol. The fraction of sp³-hybridized carbons (Fsp3) is 0. The molecule has 0 aromatic carbocycles. The van der Waals surface area contributed by atoms with Gasteiger partial charge in [-0.05, 0) is 28.1 Å². The van der Waals surface area contributed by atoms with Gasteiger partial charge in [0.15, 0.2) is 0 Å². The molecule has 0 aliphatic carbocycles. The van der Waals surface area contributed by atoms with Crippen molar-refractivity contribution < 1.29 is 0 Å². The van der Waals surface area contributed by atoms with Crippen LogP contribution in [0.5, 0.6) is 0 Å². The van der Waals surface area contributed by atoms with E-state index in [2.05, 4.69) is 42.1 Å². The zero-order chi connectivity index (χ0) is 6.69. The van der Waals surface area contributed by atoms with Gasteiger partial charge in [-0.1, -0.05) is 8.93 Å². The van der Waals surface area contributed by atoms with Crippen LogP contribution in [0.15, 0.2) is 27.8 Å². The Labute approximate surface area is 78.4 Å². The summed E-state index contributed by atoms with van der Waals surface area (Å²) in [6, 6.07) is 3.95. The average molecular weight is 316 g/mol. The number of hydrogen-bond donors (Lipinski definition) is 0.